The highest BCUT2D eigenvalue weighted by atomic mass is 35.5. The number of hydrogen-bond acceptors (Lipinski definition) is 6. The third-order valence-electron chi connectivity index (χ3n) is 5.86. The van der Waals surface area contributed by atoms with E-state index in [1.165, 1.54) is 4.68 Å². The fourth-order valence-electron chi connectivity index (χ4n) is 4.02. The maximum atomic E-state index is 12.8. The Morgan fingerprint density at radius 3 is 2.43 bits per heavy atom. The summed E-state index contributed by atoms with van der Waals surface area (Å²) in [6.07, 6.45) is 1.59. The van der Waals surface area contributed by atoms with Crippen molar-refractivity contribution >= 4 is 34.9 Å². The summed E-state index contributed by atoms with van der Waals surface area (Å²) in [7, 11) is 0. The molecule has 2 heterocycles. The standard InChI is InChI=1S/C25H27ClN6O3/c1-17-8-9-20(18(2)14-17)28-25(35)29-22(33)16-30-10-12-31(13-11-30)21-15-27-32(24(34)23(21)26)19-6-4-3-5-7-19/h3-9,14-15H,10-13,16H2,1-2H3,(H2,28,29,33,35). The van der Waals surface area contributed by atoms with Crippen LogP contribution in [0.25, 0.3) is 5.69 Å². The number of amides is 3. The summed E-state index contributed by atoms with van der Waals surface area (Å²) >= 11 is 6.41. The summed E-state index contributed by atoms with van der Waals surface area (Å²) < 4.78 is 1.27. The first kappa shape index (κ1) is 24.4. The van der Waals surface area contributed by atoms with Crippen LogP contribution in [-0.2, 0) is 4.79 Å². The summed E-state index contributed by atoms with van der Waals surface area (Å²) in [5.41, 5.74) is 3.51. The first-order chi connectivity index (χ1) is 16.8. The summed E-state index contributed by atoms with van der Waals surface area (Å²) in [5.74, 6) is -0.383. The summed E-state index contributed by atoms with van der Waals surface area (Å²) in [5, 5.41) is 9.49. The molecule has 9 nitrogen and oxygen atoms in total. The lowest BCUT2D eigenvalue weighted by Crippen LogP contribution is -2.50. The molecule has 2 aromatic carbocycles. The number of benzene rings is 2. The van der Waals surface area contributed by atoms with Crippen molar-refractivity contribution in [3.05, 3.63) is 81.2 Å². The van der Waals surface area contributed by atoms with Gasteiger partial charge in [-0.15, -0.1) is 0 Å². The normalized spacial score (nSPS) is 14.0. The van der Waals surface area contributed by atoms with Crippen molar-refractivity contribution in [1.82, 2.24) is 20.0 Å². The summed E-state index contributed by atoms with van der Waals surface area (Å²) in [6.45, 7) is 6.25. The lowest BCUT2D eigenvalue weighted by atomic mass is 10.1. The second kappa shape index (κ2) is 10.7. The topological polar surface area (TPSA) is 99.6 Å². The van der Waals surface area contributed by atoms with Gasteiger partial charge in [-0.2, -0.15) is 9.78 Å². The highest BCUT2D eigenvalue weighted by molar-refractivity contribution is 6.33. The lowest BCUT2D eigenvalue weighted by molar-refractivity contribution is -0.121. The molecule has 0 aliphatic carbocycles. The fraction of sp³-hybridized carbons (Fsp3) is 0.280. The molecule has 1 fully saturated rings. The van der Waals surface area contributed by atoms with Gasteiger partial charge in [-0.1, -0.05) is 47.5 Å². The van der Waals surface area contributed by atoms with Gasteiger partial charge in [0, 0.05) is 31.9 Å². The van der Waals surface area contributed by atoms with E-state index < -0.39 is 6.03 Å². The number of aryl methyl sites for hydroxylation is 2. The molecular weight excluding hydrogens is 468 g/mol. The van der Waals surface area contributed by atoms with Crippen LogP contribution in [0.4, 0.5) is 16.2 Å². The Labute approximate surface area is 208 Å². The Kier molecular flexibility index (Phi) is 7.48. The van der Waals surface area contributed by atoms with Gasteiger partial charge in [0.1, 0.15) is 5.02 Å². The Morgan fingerprint density at radius 1 is 1.03 bits per heavy atom. The monoisotopic (exact) mass is 494 g/mol. The van der Waals surface area contributed by atoms with Gasteiger partial charge in [0.25, 0.3) is 5.56 Å². The minimum atomic E-state index is -0.558. The molecule has 10 heteroatoms. The number of nitrogens with zero attached hydrogens (tertiary/aromatic N) is 4. The lowest BCUT2D eigenvalue weighted by Gasteiger charge is -2.35. The molecule has 1 aliphatic heterocycles. The van der Waals surface area contributed by atoms with E-state index in [2.05, 4.69) is 15.7 Å². The van der Waals surface area contributed by atoms with E-state index in [4.69, 9.17) is 11.6 Å². The number of piperazine rings is 1. The van der Waals surface area contributed by atoms with E-state index in [1.54, 1.807) is 18.3 Å². The molecule has 1 saturated heterocycles. The molecule has 1 aromatic heterocycles. The van der Waals surface area contributed by atoms with Crippen LogP contribution >= 0.6 is 11.6 Å². The first-order valence-electron chi connectivity index (χ1n) is 11.3. The molecule has 0 spiro atoms. The number of anilines is 2. The Balaban J connectivity index is 1.30. The van der Waals surface area contributed by atoms with Crippen LogP contribution in [0.1, 0.15) is 11.1 Å². The maximum Gasteiger partial charge on any atom is 0.325 e. The van der Waals surface area contributed by atoms with Gasteiger partial charge in [0.15, 0.2) is 0 Å². The van der Waals surface area contributed by atoms with Gasteiger partial charge in [0.2, 0.25) is 5.91 Å². The molecular formula is C25H27ClN6O3. The average Bonchev–Trinajstić information content (AvgIpc) is 2.84. The van der Waals surface area contributed by atoms with Gasteiger partial charge in [-0.25, -0.2) is 4.79 Å². The zero-order valence-electron chi connectivity index (χ0n) is 19.6. The zero-order valence-corrected chi connectivity index (χ0v) is 20.4. The van der Waals surface area contributed by atoms with Crippen molar-refractivity contribution in [3.63, 3.8) is 0 Å². The number of aromatic nitrogens is 2. The number of para-hydroxylation sites is 1. The third-order valence-corrected chi connectivity index (χ3v) is 6.22. The minimum Gasteiger partial charge on any atom is -0.366 e. The Hall–Kier alpha value is -3.69. The van der Waals surface area contributed by atoms with E-state index in [9.17, 15) is 14.4 Å². The smallest absolute Gasteiger partial charge is 0.325 e. The predicted molar refractivity (Wildman–Crippen MR) is 137 cm³/mol. The number of imide groups is 1. The molecule has 0 bridgehead atoms. The van der Waals surface area contributed by atoms with Crippen molar-refractivity contribution in [3.8, 4) is 5.69 Å². The zero-order chi connectivity index (χ0) is 24.9. The molecule has 0 saturated carbocycles. The van der Waals surface area contributed by atoms with Gasteiger partial charge in [-0.3, -0.25) is 19.8 Å². The number of hydrogen-bond donors (Lipinski definition) is 2. The predicted octanol–water partition coefficient (Wildman–Crippen LogP) is 2.97. The quantitative estimate of drug-likeness (QED) is 0.565. The average molecular weight is 495 g/mol. The number of halogens is 1. The van der Waals surface area contributed by atoms with E-state index in [0.717, 1.165) is 11.1 Å². The molecule has 182 valence electrons. The Morgan fingerprint density at radius 2 is 1.74 bits per heavy atom. The van der Waals surface area contributed by atoms with E-state index in [0.29, 0.717) is 43.2 Å². The molecule has 3 aromatic rings. The molecule has 1 aliphatic rings. The number of carbonyl (C=O) groups is 2. The van der Waals surface area contributed by atoms with Crippen molar-refractivity contribution in [2.75, 3.05) is 42.9 Å². The van der Waals surface area contributed by atoms with Crippen LogP contribution in [0, 0.1) is 13.8 Å². The van der Waals surface area contributed by atoms with E-state index >= 15 is 0 Å². The third kappa shape index (κ3) is 5.87. The second-order valence-electron chi connectivity index (χ2n) is 8.48. The molecule has 4 rings (SSSR count). The molecule has 0 radical (unpaired) electrons. The Bertz CT molecular complexity index is 1290. The van der Waals surface area contributed by atoms with E-state index in [-0.39, 0.29) is 23.0 Å². The first-order valence-corrected chi connectivity index (χ1v) is 11.7. The highest BCUT2D eigenvalue weighted by Gasteiger charge is 2.23. The maximum absolute atomic E-state index is 12.8. The summed E-state index contributed by atoms with van der Waals surface area (Å²) in [4.78, 5) is 41.3. The van der Waals surface area contributed by atoms with Crippen molar-refractivity contribution in [2.24, 2.45) is 0 Å². The van der Waals surface area contributed by atoms with Gasteiger partial charge >= 0.3 is 6.03 Å². The van der Waals surface area contributed by atoms with Crippen LogP contribution in [0.2, 0.25) is 5.02 Å². The number of rotatable bonds is 5. The van der Waals surface area contributed by atoms with Crippen molar-refractivity contribution in [1.29, 1.82) is 0 Å². The van der Waals surface area contributed by atoms with Crippen LogP contribution in [0.15, 0.2) is 59.5 Å². The van der Waals surface area contributed by atoms with Crippen LogP contribution in [-0.4, -0.2) is 59.3 Å². The van der Waals surface area contributed by atoms with Gasteiger partial charge in [0.05, 0.1) is 24.1 Å². The van der Waals surface area contributed by atoms with Gasteiger partial charge in [-0.05, 0) is 37.6 Å². The van der Waals surface area contributed by atoms with E-state index in [1.807, 2.05) is 60.0 Å². The largest absolute Gasteiger partial charge is 0.366 e. The molecule has 3 amide bonds. The molecule has 35 heavy (non-hydrogen) atoms. The second-order valence-corrected chi connectivity index (χ2v) is 8.86. The van der Waals surface area contributed by atoms with Gasteiger partial charge < -0.3 is 10.2 Å². The minimum absolute atomic E-state index is 0.0930. The fourth-order valence-corrected chi connectivity index (χ4v) is 4.27. The van der Waals surface area contributed by atoms with Crippen LogP contribution < -0.4 is 21.1 Å². The SMILES string of the molecule is Cc1ccc(NC(=O)NC(=O)CN2CCN(c3cnn(-c4ccccc4)c(=O)c3Cl)CC2)c(C)c1. The number of carbonyl (C=O) groups excluding carboxylic acids is 2. The highest BCUT2D eigenvalue weighted by Crippen LogP contribution is 2.23. The number of urea groups is 1. The van der Waals surface area contributed by atoms with Crippen LogP contribution in [0.5, 0.6) is 0 Å². The molecule has 0 atom stereocenters. The molecule has 2 N–H and O–H groups in total. The van der Waals surface area contributed by atoms with Crippen LogP contribution in [0.3, 0.4) is 0 Å². The summed E-state index contributed by atoms with van der Waals surface area (Å²) in [6, 6.07) is 14.2. The molecule has 0 unspecified atom stereocenters. The van der Waals surface area contributed by atoms with Crippen molar-refractivity contribution in [2.45, 2.75) is 13.8 Å². The number of nitrogens with one attached hydrogen (secondary N) is 2. The van der Waals surface area contributed by atoms with Crippen molar-refractivity contribution < 1.29 is 9.59 Å².